The second kappa shape index (κ2) is 10.7. The van der Waals surface area contributed by atoms with Crippen molar-refractivity contribution in [2.45, 2.75) is 32.7 Å². The van der Waals surface area contributed by atoms with Crippen LogP contribution in [0.2, 0.25) is 0 Å². The number of carbonyl (C=O) groups is 1. The monoisotopic (exact) mass is 496 g/mol. The molecule has 1 heterocycles. The maximum absolute atomic E-state index is 12.8. The average molecular weight is 497 g/mol. The Hall–Kier alpha value is -3.01. The molecule has 0 spiro atoms. The third-order valence-electron chi connectivity index (χ3n) is 6.11. The number of pyridine rings is 1. The van der Waals surface area contributed by atoms with Crippen LogP contribution in [0.3, 0.4) is 0 Å². The normalized spacial score (nSPS) is 14.6. The molecule has 1 atom stereocenters. The summed E-state index contributed by atoms with van der Waals surface area (Å²) in [5, 5.41) is 7.26. The van der Waals surface area contributed by atoms with E-state index in [9.17, 15) is 13.2 Å². The van der Waals surface area contributed by atoms with Crippen molar-refractivity contribution in [3.63, 3.8) is 0 Å². The minimum Gasteiger partial charge on any atom is -0.493 e. The van der Waals surface area contributed by atoms with Gasteiger partial charge in [-0.2, -0.15) is 0 Å². The zero-order valence-corrected chi connectivity index (χ0v) is 21.1. The number of amides is 1. The molecule has 9 heteroatoms. The van der Waals surface area contributed by atoms with Crippen LogP contribution in [-0.4, -0.2) is 45.3 Å². The fourth-order valence-corrected chi connectivity index (χ4v) is 4.25. The number of aromatic nitrogens is 1. The van der Waals surface area contributed by atoms with Crippen LogP contribution in [0.4, 0.5) is 5.69 Å². The Morgan fingerprint density at radius 1 is 1.14 bits per heavy atom. The van der Waals surface area contributed by atoms with Gasteiger partial charge in [-0.15, -0.1) is 0 Å². The SMILES string of the molecule is Cc1c(NC(=O)c2ccc(OCC3CC3)cc2)ccc2cc(C(C)NCCNS(C)(=O)=O)cnc12. The first-order valence-corrected chi connectivity index (χ1v) is 13.7. The molecule has 1 aliphatic rings. The molecule has 1 saturated carbocycles. The van der Waals surface area contributed by atoms with Gasteiger partial charge in [0.2, 0.25) is 10.0 Å². The van der Waals surface area contributed by atoms with Crippen LogP contribution in [0.15, 0.2) is 48.7 Å². The van der Waals surface area contributed by atoms with E-state index in [2.05, 4.69) is 26.4 Å². The Bertz CT molecular complexity index is 1300. The maximum Gasteiger partial charge on any atom is 0.255 e. The molecule has 1 aliphatic carbocycles. The fourth-order valence-electron chi connectivity index (χ4n) is 3.78. The molecule has 2 aromatic carbocycles. The first-order valence-electron chi connectivity index (χ1n) is 11.8. The number of carbonyl (C=O) groups excluding carboxylic acids is 1. The summed E-state index contributed by atoms with van der Waals surface area (Å²) in [6.07, 6.45) is 5.43. The third-order valence-corrected chi connectivity index (χ3v) is 6.84. The van der Waals surface area contributed by atoms with Gasteiger partial charge in [-0.25, -0.2) is 13.1 Å². The van der Waals surface area contributed by atoms with Crippen LogP contribution in [0.1, 0.15) is 47.3 Å². The van der Waals surface area contributed by atoms with E-state index in [0.29, 0.717) is 24.6 Å². The van der Waals surface area contributed by atoms with Crippen LogP contribution in [0.25, 0.3) is 10.9 Å². The van der Waals surface area contributed by atoms with Gasteiger partial charge in [0.1, 0.15) is 5.75 Å². The van der Waals surface area contributed by atoms with Crippen molar-refractivity contribution < 1.29 is 17.9 Å². The summed E-state index contributed by atoms with van der Waals surface area (Å²) in [6.45, 7) is 5.52. The highest BCUT2D eigenvalue weighted by Crippen LogP contribution is 2.30. The van der Waals surface area contributed by atoms with E-state index >= 15 is 0 Å². The molecule has 3 aromatic rings. The first-order chi connectivity index (χ1) is 16.7. The molecule has 0 radical (unpaired) electrons. The van der Waals surface area contributed by atoms with E-state index in [1.807, 2.05) is 44.3 Å². The van der Waals surface area contributed by atoms with Crippen LogP contribution < -0.4 is 20.1 Å². The Balaban J connectivity index is 1.39. The predicted octanol–water partition coefficient (Wildman–Crippen LogP) is 3.78. The molecule has 3 N–H and O–H groups in total. The van der Waals surface area contributed by atoms with Crippen molar-refractivity contribution >= 4 is 32.5 Å². The van der Waals surface area contributed by atoms with Crippen LogP contribution in [0, 0.1) is 12.8 Å². The Morgan fingerprint density at radius 2 is 1.89 bits per heavy atom. The van der Waals surface area contributed by atoms with Crippen LogP contribution >= 0.6 is 0 Å². The highest BCUT2D eigenvalue weighted by atomic mass is 32.2. The zero-order chi connectivity index (χ0) is 25.0. The molecule has 0 saturated heterocycles. The van der Waals surface area contributed by atoms with Crippen molar-refractivity contribution in [3.8, 4) is 5.75 Å². The molecule has 1 aromatic heterocycles. The largest absolute Gasteiger partial charge is 0.493 e. The Morgan fingerprint density at radius 3 is 2.57 bits per heavy atom. The Kier molecular flexibility index (Phi) is 7.69. The third kappa shape index (κ3) is 7.00. The zero-order valence-electron chi connectivity index (χ0n) is 20.3. The van der Waals surface area contributed by atoms with Gasteiger partial charge < -0.3 is 15.4 Å². The molecule has 1 amide bonds. The molecule has 186 valence electrons. The number of nitrogens with zero attached hydrogens (tertiary/aromatic N) is 1. The molecule has 8 nitrogen and oxygen atoms in total. The molecule has 0 bridgehead atoms. The molecule has 0 aliphatic heterocycles. The number of nitrogens with one attached hydrogen (secondary N) is 3. The summed E-state index contributed by atoms with van der Waals surface area (Å²) in [7, 11) is -3.19. The second-order valence-corrected chi connectivity index (χ2v) is 11.0. The quantitative estimate of drug-likeness (QED) is 0.349. The summed E-state index contributed by atoms with van der Waals surface area (Å²) >= 11 is 0. The lowest BCUT2D eigenvalue weighted by atomic mass is 10.0. The number of anilines is 1. The average Bonchev–Trinajstić information content (AvgIpc) is 3.66. The second-order valence-electron chi connectivity index (χ2n) is 9.15. The highest BCUT2D eigenvalue weighted by molar-refractivity contribution is 7.88. The number of ether oxygens (including phenoxy) is 1. The van der Waals surface area contributed by atoms with Crippen molar-refractivity contribution in [1.82, 2.24) is 15.0 Å². The van der Waals surface area contributed by atoms with Crippen LogP contribution in [0.5, 0.6) is 5.75 Å². The highest BCUT2D eigenvalue weighted by Gasteiger charge is 2.22. The molecule has 1 fully saturated rings. The molecule has 4 rings (SSSR count). The number of fused-ring (bicyclic) bond motifs is 1. The molecule has 35 heavy (non-hydrogen) atoms. The predicted molar refractivity (Wildman–Crippen MR) is 138 cm³/mol. The lowest BCUT2D eigenvalue weighted by molar-refractivity contribution is 0.102. The molecule has 1 unspecified atom stereocenters. The standard InChI is InChI=1S/C26H32N4O4S/c1-17-24(30-26(31)20-6-9-23(10-7-20)34-16-19-4-5-19)11-8-21-14-22(15-28-25(17)21)18(2)27-12-13-29-35(3,32)33/h6-11,14-15,18-19,27,29H,4-5,12-13,16H2,1-3H3,(H,30,31). The van der Waals surface area contributed by atoms with Gasteiger partial charge in [-0.3, -0.25) is 9.78 Å². The van der Waals surface area contributed by atoms with Gasteiger partial charge >= 0.3 is 0 Å². The van der Waals surface area contributed by atoms with Gasteiger partial charge in [0, 0.05) is 42.0 Å². The van der Waals surface area contributed by atoms with Crippen molar-refractivity contribution in [1.29, 1.82) is 0 Å². The maximum atomic E-state index is 12.8. The Labute approximate surface area is 206 Å². The number of hydrogen-bond donors (Lipinski definition) is 3. The van der Waals surface area contributed by atoms with Gasteiger partial charge in [0.05, 0.1) is 18.4 Å². The van der Waals surface area contributed by atoms with Crippen molar-refractivity contribution in [2.24, 2.45) is 5.92 Å². The fraction of sp³-hybridized carbons (Fsp3) is 0.385. The van der Waals surface area contributed by atoms with Gasteiger partial charge in [-0.1, -0.05) is 6.07 Å². The van der Waals surface area contributed by atoms with Crippen LogP contribution in [-0.2, 0) is 10.0 Å². The summed E-state index contributed by atoms with van der Waals surface area (Å²) in [6, 6.07) is 13.1. The number of rotatable bonds is 11. The topological polar surface area (TPSA) is 109 Å². The smallest absolute Gasteiger partial charge is 0.255 e. The van der Waals surface area contributed by atoms with Crippen molar-refractivity contribution in [2.75, 3.05) is 31.3 Å². The van der Waals surface area contributed by atoms with Gasteiger partial charge in [0.15, 0.2) is 0 Å². The van der Waals surface area contributed by atoms with E-state index in [0.717, 1.165) is 46.3 Å². The molecular weight excluding hydrogens is 464 g/mol. The summed E-state index contributed by atoms with van der Waals surface area (Å²) in [5.41, 5.74) is 4.00. The summed E-state index contributed by atoms with van der Waals surface area (Å²) in [4.78, 5) is 17.4. The number of hydrogen-bond acceptors (Lipinski definition) is 6. The number of aryl methyl sites for hydroxylation is 1. The first kappa shape index (κ1) is 25.1. The van der Waals surface area contributed by atoms with E-state index in [1.165, 1.54) is 12.8 Å². The lowest BCUT2D eigenvalue weighted by Crippen LogP contribution is -2.32. The van der Waals surface area contributed by atoms with E-state index in [-0.39, 0.29) is 11.9 Å². The summed E-state index contributed by atoms with van der Waals surface area (Å²) < 4.78 is 30.6. The van der Waals surface area contributed by atoms with Gasteiger partial charge in [-0.05, 0) is 80.1 Å². The van der Waals surface area contributed by atoms with Crippen molar-refractivity contribution in [3.05, 3.63) is 65.4 Å². The minimum absolute atomic E-state index is 0.00386. The molecular formula is C26H32N4O4S. The van der Waals surface area contributed by atoms with E-state index in [4.69, 9.17) is 4.74 Å². The van der Waals surface area contributed by atoms with E-state index < -0.39 is 10.0 Å². The number of benzene rings is 2. The van der Waals surface area contributed by atoms with E-state index in [1.54, 1.807) is 12.1 Å². The minimum atomic E-state index is -3.19. The van der Waals surface area contributed by atoms with Gasteiger partial charge in [0.25, 0.3) is 5.91 Å². The summed E-state index contributed by atoms with van der Waals surface area (Å²) in [5.74, 6) is 1.28. The number of sulfonamides is 1. The lowest BCUT2D eigenvalue weighted by Gasteiger charge is -2.16.